The average molecular weight is 253 g/mol. The van der Waals surface area contributed by atoms with Gasteiger partial charge in [0.25, 0.3) is 0 Å². The van der Waals surface area contributed by atoms with Crippen LogP contribution in [0.5, 0.6) is 0 Å². The maximum Gasteiger partial charge on any atom is 0.112 e. The molecule has 0 amide bonds. The largest absolute Gasteiger partial charge is 0.249 e. The fourth-order valence-corrected chi connectivity index (χ4v) is 2.27. The van der Waals surface area contributed by atoms with Crippen LogP contribution in [0.3, 0.4) is 0 Å². The van der Waals surface area contributed by atoms with Crippen molar-refractivity contribution in [2.45, 2.75) is 18.4 Å². The van der Waals surface area contributed by atoms with E-state index in [9.17, 15) is 0 Å². The SMILES string of the molecule is CCCSc1ncccc1C#Cc1ccccc1. The summed E-state index contributed by atoms with van der Waals surface area (Å²) in [6.45, 7) is 2.17. The van der Waals surface area contributed by atoms with Gasteiger partial charge in [0.05, 0.1) is 5.56 Å². The number of pyridine rings is 1. The van der Waals surface area contributed by atoms with Crippen LogP contribution in [0.2, 0.25) is 0 Å². The van der Waals surface area contributed by atoms with E-state index in [-0.39, 0.29) is 0 Å². The van der Waals surface area contributed by atoms with E-state index < -0.39 is 0 Å². The van der Waals surface area contributed by atoms with Crippen molar-refractivity contribution in [2.24, 2.45) is 0 Å². The highest BCUT2D eigenvalue weighted by Crippen LogP contribution is 2.19. The monoisotopic (exact) mass is 253 g/mol. The molecule has 1 aromatic carbocycles. The van der Waals surface area contributed by atoms with Gasteiger partial charge in [-0.25, -0.2) is 4.98 Å². The van der Waals surface area contributed by atoms with E-state index in [1.807, 2.05) is 48.7 Å². The van der Waals surface area contributed by atoms with Crippen LogP contribution in [0.4, 0.5) is 0 Å². The summed E-state index contributed by atoms with van der Waals surface area (Å²) in [6, 6.07) is 14.0. The third-order valence-corrected chi connectivity index (χ3v) is 3.54. The first-order chi connectivity index (χ1) is 8.90. The Kier molecular flexibility index (Phi) is 4.87. The van der Waals surface area contributed by atoms with Crippen LogP contribution in [0.15, 0.2) is 53.7 Å². The Balaban J connectivity index is 2.21. The fraction of sp³-hybridized carbons (Fsp3) is 0.188. The molecule has 0 saturated carbocycles. The van der Waals surface area contributed by atoms with E-state index in [0.717, 1.165) is 28.3 Å². The lowest BCUT2D eigenvalue weighted by molar-refractivity contribution is 1.08. The molecule has 2 rings (SSSR count). The summed E-state index contributed by atoms with van der Waals surface area (Å²) in [7, 11) is 0. The molecule has 0 spiro atoms. The number of thioether (sulfide) groups is 1. The molecule has 18 heavy (non-hydrogen) atoms. The van der Waals surface area contributed by atoms with Crippen LogP contribution in [0, 0.1) is 11.8 Å². The molecule has 1 nitrogen and oxygen atoms in total. The van der Waals surface area contributed by atoms with Crippen LogP contribution in [0.1, 0.15) is 24.5 Å². The van der Waals surface area contributed by atoms with Gasteiger partial charge in [0.1, 0.15) is 5.03 Å². The third-order valence-electron chi connectivity index (χ3n) is 2.33. The van der Waals surface area contributed by atoms with Crippen LogP contribution in [0.25, 0.3) is 0 Å². The molecule has 0 fully saturated rings. The number of nitrogens with zero attached hydrogens (tertiary/aromatic N) is 1. The summed E-state index contributed by atoms with van der Waals surface area (Å²) in [5, 5.41) is 1.03. The van der Waals surface area contributed by atoms with Gasteiger partial charge in [0, 0.05) is 11.8 Å². The Morgan fingerprint density at radius 3 is 2.67 bits per heavy atom. The summed E-state index contributed by atoms with van der Waals surface area (Å²) >= 11 is 1.77. The quantitative estimate of drug-likeness (QED) is 0.606. The van der Waals surface area contributed by atoms with Gasteiger partial charge in [-0.3, -0.25) is 0 Å². The molecule has 1 heterocycles. The number of hydrogen-bond donors (Lipinski definition) is 0. The van der Waals surface area contributed by atoms with Crippen molar-refractivity contribution in [3.63, 3.8) is 0 Å². The lowest BCUT2D eigenvalue weighted by Gasteiger charge is -2.00. The molecule has 0 bridgehead atoms. The second-order valence-electron chi connectivity index (χ2n) is 3.82. The molecule has 0 N–H and O–H groups in total. The van der Waals surface area contributed by atoms with Gasteiger partial charge in [-0.1, -0.05) is 37.0 Å². The Morgan fingerprint density at radius 2 is 1.89 bits per heavy atom. The van der Waals surface area contributed by atoms with Crippen LogP contribution >= 0.6 is 11.8 Å². The standard InChI is InChI=1S/C16H15NS/c1-2-13-18-16-15(9-6-12-17-16)11-10-14-7-4-3-5-8-14/h3-9,12H,2,13H2,1H3. The summed E-state index contributed by atoms with van der Waals surface area (Å²) < 4.78 is 0. The van der Waals surface area contributed by atoms with E-state index in [4.69, 9.17) is 0 Å². The lowest BCUT2D eigenvalue weighted by atomic mass is 10.2. The second-order valence-corrected chi connectivity index (χ2v) is 4.90. The first-order valence-corrected chi connectivity index (χ1v) is 7.03. The minimum atomic E-state index is 1.01. The van der Waals surface area contributed by atoms with Gasteiger partial charge in [-0.05, 0) is 36.4 Å². The zero-order chi connectivity index (χ0) is 12.6. The first kappa shape index (κ1) is 12.7. The maximum atomic E-state index is 4.39. The van der Waals surface area contributed by atoms with Gasteiger partial charge < -0.3 is 0 Å². The summed E-state index contributed by atoms with van der Waals surface area (Å²) in [6.07, 6.45) is 2.97. The van der Waals surface area contributed by atoms with Gasteiger partial charge in [0.15, 0.2) is 0 Å². The van der Waals surface area contributed by atoms with E-state index in [1.54, 1.807) is 11.8 Å². The fourth-order valence-electron chi connectivity index (χ4n) is 1.46. The first-order valence-electron chi connectivity index (χ1n) is 6.05. The van der Waals surface area contributed by atoms with Crippen LogP contribution in [-0.2, 0) is 0 Å². The van der Waals surface area contributed by atoms with Gasteiger partial charge in [0.2, 0.25) is 0 Å². The van der Waals surface area contributed by atoms with Crippen LogP contribution < -0.4 is 0 Å². The number of aromatic nitrogens is 1. The Bertz CT molecular complexity index is 552. The molecule has 0 atom stereocenters. The summed E-state index contributed by atoms with van der Waals surface area (Å²) in [5.74, 6) is 7.46. The van der Waals surface area contributed by atoms with Crippen molar-refractivity contribution in [3.8, 4) is 11.8 Å². The highest BCUT2D eigenvalue weighted by Gasteiger charge is 2.00. The van der Waals surface area contributed by atoms with E-state index in [1.165, 1.54) is 0 Å². The van der Waals surface area contributed by atoms with Crippen LogP contribution in [-0.4, -0.2) is 10.7 Å². The number of benzene rings is 1. The Morgan fingerprint density at radius 1 is 1.06 bits per heavy atom. The lowest BCUT2D eigenvalue weighted by Crippen LogP contribution is -1.87. The Hall–Kier alpha value is -1.72. The van der Waals surface area contributed by atoms with Crippen molar-refractivity contribution < 1.29 is 0 Å². The minimum Gasteiger partial charge on any atom is -0.249 e. The highest BCUT2D eigenvalue weighted by molar-refractivity contribution is 7.99. The van der Waals surface area contributed by atoms with E-state index in [0.29, 0.717) is 0 Å². The maximum absolute atomic E-state index is 4.39. The van der Waals surface area contributed by atoms with Gasteiger partial charge >= 0.3 is 0 Å². The van der Waals surface area contributed by atoms with Crippen molar-refractivity contribution in [1.82, 2.24) is 4.98 Å². The molecule has 0 saturated heterocycles. The molecule has 90 valence electrons. The van der Waals surface area contributed by atoms with Gasteiger partial charge in [-0.2, -0.15) is 0 Å². The molecule has 0 aliphatic rings. The van der Waals surface area contributed by atoms with Crippen molar-refractivity contribution in [2.75, 3.05) is 5.75 Å². The van der Waals surface area contributed by atoms with Gasteiger partial charge in [-0.15, -0.1) is 11.8 Å². The van der Waals surface area contributed by atoms with E-state index >= 15 is 0 Å². The Labute approximate surface area is 113 Å². The predicted molar refractivity (Wildman–Crippen MR) is 77.7 cm³/mol. The molecule has 0 aliphatic heterocycles. The van der Waals surface area contributed by atoms with Crippen molar-refractivity contribution >= 4 is 11.8 Å². The molecule has 2 aromatic rings. The van der Waals surface area contributed by atoms with Crippen molar-refractivity contribution in [1.29, 1.82) is 0 Å². The summed E-state index contributed by atoms with van der Waals surface area (Å²) in [5.41, 5.74) is 2.05. The molecular weight excluding hydrogens is 238 g/mol. The number of hydrogen-bond acceptors (Lipinski definition) is 2. The average Bonchev–Trinajstić information content (AvgIpc) is 2.45. The summed E-state index contributed by atoms with van der Waals surface area (Å²) in [4.78, 5) is 4.39. The van der Waals surface area contributed by atoms with Crippen molar-refractivity contribution in [3.05, 3.63) is 59.8 Å². The number of rotatable bonds is 3. The zero-order valence-corrected chi connectivity index (χ0v) is 11.2. The molecule has 0 aliphatic carbocycles. The third kappa shape index (κ3) is 3.65. The molecule has 2 heteroatoms. The molecular formula is C16H15NS. The minimum absolute atomic E-state index is 1.01. The molecule has 1 aromatic heterocycles. The normalized spacial score (nSPS) is 9.61. The second kappa shape index (κ2) is 6.88. The molecule has 0 radical (unpaired) electrons. The van der Waals surface area contributed by atoms with E-state index in [2.05, 4.69) is 23.7 Å². The zero-order valence-electron chi connectivity index (χ0n) is 10.4. The predicted octanol–water partition coefficient (Wildman–Crippen LogP) is 3.98. The molecule has 0 unspecified atom stereocenters. The highest BCUT2D eigenvalue weighted by atomic mass is 32.2. The topological polar surface area (TPSA) is 12.9 Å². The smallest absolute Gasteiger partial charge is 0.112 e.